The second-order valence-corrected chi connectivity index (χ2v) is 4.22. The molecule has 1 aliphatic heterocycles. The molecule has 0 bridgehead atoms. The third-order valence-corrected chi connectivity index (χ3v) is 3.10. The standard InChI is InChI=1S/C12H15FN2O/c1-8(10-3-2-6-14-10)12(16)11-5-4-9(13)7-15-11/h4-5,7-8,10,14H,2-3,6H2,1H3. The van der Waals surface area contributed by atoms with Crippen molar-refractivity contribution < 1.29 is 9.18 Å². The molecule has 0 aromatic carbocycles. The molecule has 0 amide bonds. The molecule has 2 rings (SSSR count). The Balaban J connectivity index is 2.08. The highest BCUT2D eigenvalue weighted by atomic mass is 19.1. The quantitative estimate of drug-likeness (QED) is 0.793. The molecule has 4 heteroatoms. The molecule has 1 saturated heterocycles. The SMILES string of the molecule is CC(C(=O)c1ccc(F)cn1)C1CCCN1. The molecule has 1 aromatic heterocycles. The van der Waals surface area contributed by atoms with Crippen LogP contribution in [0.25, 0.3) is 0 Å². The Morgan fingerprint density at radius 3 is 3.00 bits per heavy atom. The summed E-state index contributed by atoms with van der Waals surface area (Å²) in [6, 6.07) is 2.96. The fourth-order valence-corrected chi connectivity index (χ4v) is 2.08. The Morgan fingerprint density at radius 1 is 1.62 bits per heavy atom. The molecule has 2 unspecified atom stereocenters. The van der Waals surface area contributed by atoms with E-state index in [4.69, 9.17) is 0 Å². The number of nitrogens with one attached hydrogen (secondary N) is 1. The largest absolute Gasteiger partial charge is 0.313 e. The molecule has 16 heavy (non-hydrogen) atoms. The second-order valence-electron chi connectivity index (χ2n) is 4.22. The summed E-state index contributed by atoms with van der Waals surface area (Å²) in [5.74, 6) is -0.525. The lowest BCUT2D eigenvalue weighted by molar-refractivity contribution is 0.0902. The summed E-state index contributed by atoms with van der Waals surface area (Å²) in [4.78, 5) is 15.8. The van der Waals surface area contributed by atoms with Crippen molar-refractivity contribution in [3.8, 4) is 0 Å². The van der Waals surface area contributed by atoms with Crippen molar-refractivity contribution in [2.75, 3.05) is 6.54 Å². The van der Waals surface area contributed by atoms with Gasteiger partial charge in [-0.15, -0.1) is 0 Å². The molecule has 1 fully saturated rings. The van der Waals surface area contributed by atoms with Crippen molar-refractivity contribution in [2.45, 2.75) is 25.8 Å². The van der Waals surface area contributed by atoms with E-state index < -0.39 is 5.82 Å². The first-order chi connectivity index (χ1) is 7.68. The van der Waals surface area contributed by atoms with E-state index in [9.17, 15) is 9.18 Å². The minimum absolute atomic E-state index is 0.0144. The van der Waals surface area contributed by atoms with E-state index in [1.54, 1.807) is 0 Å². The number of pyridine rings is 1. The number of carbonyl (C=O) groups is 1. The predicted octanol–water partition coefficient (Wildman–Crippen LogP) is 1.79. The summed E-state index contributed by atoms with van der Waals surface area (Å²) in [5, 5.41) is 3.30. The molecular weight excluding hydrogens is 207 g/mol. The Hall–Kier alpha value is -1.29. The zero-order valence-corrected chi connectivity index (χ0v) is 9.24. The average molecular weight is 222 g/mol. The number of rotatable bonds is 3. The highest BCUT2D eigenvalue weighted by molar-refractivity contribution is 5.96. The molecule has 0 saturated carbocycles. The number of halogens is 1. The maximum Gasteiger partial charge on any atom is 0.185 e. The van der Waals surface area contributed by atoms with Gasteiger partial charge in [-0.3, -0.25) is 9.78 Å². The van der Waals surface area contributed by atoms with Gasteiger partial charge in [0.2, 0.25) is 0 Å². The van der Waals surface area contributed by atoms with Gasteiger partial charge in [-0.05, 0) is 31.5 Å². The molecule has 1 aromatic rings. The van der Waals surface area contributed by atoms with E-state index in [0.29, 0.717) is 5.69 Å². The molecule has 86 valence electrons. The molecule has 0 radical (unpaired) electrons. The van der Waals surface area contributed by atoms with E-state index in [-0.39, 0.29) is 17.7 Å². The van der Waals surface area contributed by atoms with Crippen LogP contribution in [0.5, 0.6) is 0 Å². The van der Waals surface area contributed by atoms with Gasteiger partial charge in [0.1, 0.15) is 11.5 Å². The first kappa shape index (κ1) is 11.2. The van der Waals surface area contributed by atoms with Crippen LogP contribution in [0.1, 0.15) is 30.3 Å². The summed E-state index contributed by atoms with van der Waals surface area (Å²) < 4.78 is 12.7. The van der Waals surface area contributed by atoms with Gasteiger partial charge < -0.3 is 5.32 Å². The maximum atomic E-state index is 12.7. The Labute approximate surface area is 94.1 Å². The minimum Gasteiger partial charge on any atom is -0.313 e. The van der Waals surface area contributed by atoms with Crippen LogP contribution in [-0.2, 0) is 0 Å². The summed E-state index contributed by atoms with van der Waals surface area (Å²) in [6.45, 7) is 2.87. The van der Waals surface area contributed by atoms with Crippen molar-refractivity contribution in [1.29, 1.82) is 0 Å². The molecule has 1 aliphatic rings. The first-order valence-electron chi connectivity index (χ1n) is 5.57. The van der Waals surface area contributed by atoms with E-state index >= 15 is 0 Å². The van der Waals surface area contributed by atoms with Crippen LogP contribution in [0, 0.1) is 11.7 Å². The van der Waals surface area contributed by atoms with Crippen LogP contribution in [-0.4, -0.2) is 23.4 Å². The number of aromatic nitrogens is 1. The third kappa shape index (κ3) is 2.27. The molecule has 2 heterocycles. The van der Waals surface area contributed by atoms with Crippen molar-refractivity contribution in [2.24, 2.45) is 5.92 Å². The summed E-state index contributed by atoms with van der Waals surface area (Å²) >= 11 is 0. The van der Waals surface area contributed by atoms with Crippen molar-refractivity contribution in [3.05, 3.63) is 29.8 Å². The highest BCUT2D eigenvalue weighted by Crippen LogP contribution is 2.18. The molecule has 3 nitrogen and oxygen atoms in total. The number of ketones is 1. The monoisotopic (exact) mass is 222 g/mol. The second kappa shape index (κ2) is 4.70. The number of nitrogens with zero attached hydrogens (tertiary/aromatic N) is 1. The smallest absolute Gasteiger partial charge is 0.185 e. The fourth-order valence-electron chi connectivity index (χ4n) is 2.08. The number of Topliss-reactive ketones (excluding diaryl/α,β-unsaturated/α-hetero) is 1. The van der Waals surface area contributed by atoms with Crippen LogP contribution in [0.4, 0.5) is 4.39 Å². The normalized spacial score (nSPS) is 22.0. The first-order valence-corrected chi connectivity index (χ1v) is 5.57. The molecular formula is C12H15FN2O. The van der Waals surface area contributed by atoms with Gasteiger partial charge >= 0.3 is 0 Å². The van der Waals surface area contributed by atoms with Crippen LogP contribution < -0.4 is 5.32 Å². The summed E-state index contributed by atoms with van der Waals surface area (Å²) in [7, 11) is 0. The van der Waals surface area contributed by atoms with E-state index in [1.165, 1.54) is 12.1 Å². The van der Waals surface area contributed by atoms with E-state index in [0.717, 1.165) is 25.6 Å². The topological polar surface area (TPSA) is 42.0 Å². The lowest BCUT2D eigenvalue weighted by Gasteiger charge is -2.17. The van der Waals surface area contributed by atoms with Gasteiger partial charge in [-0.2, -0.15) is 0 Å². The highest BCUT2D eigenvalue weighted by Gasteiger charge is 2.27. The van der Waals surface area contributed by atoms with E-state index in [2.05, 4.69) is 10.3 Å². The van der Waals surface area contributed by atoms with Crippen molar-refractivity contribution >= 4 is 5.78 Å². The number of hydrogen-bond acceptors (Lipinski definition) is 3. The molecule has 2 atom stereocenters. The van der Waals surface area contributed by atoms with Gasteiger partial charge in [-0.1, -0.05) is 6.92 Å². The molecule has 0 spiro atoms. The fraction of sp³-hybridized carbons (Fsp3) is 0.500. The van der Waals surface area contributed by atoms with Crippen LogP contribution in [0.2, 0.25) is 0 Å². The zero-order chi connectivity index (χ0) is 11.5. The lowest BCUT2D eigenvalue weighted by atomic mass is 9.94. The Morgan fingerprint density at radius 2 is 2.44 bits per heavy atom. The van der Waals surface area contributed by atoms with Crippen molar-refractivity contribution in [3.63, 3.8) is 0 Å². The lowest BCUT2D eigenvalue weighted by Crippen LogP contribution is -2.34. The van der Waals surface area contributed by atoms with Gasteiger partial charge in [0.25, 0.3) is 0 Å². The predicted molar refractivity (Wildman–Crippen MR) is 58.7 cm³/mol. The minimum atomic E-state index is -0.414. The Kier molecular flexibility index (Phi) is 3.29. The molecule has 0 aliphatic carbocycles. The van der Waals surface area contributed by atoms with Crippen LogP contribution >= 0.6 is 0 Å². The van der Waals surface area contributed by atoms with Crippen LogP contribution in [0.3, 0.4) is 0 Å². The van der Waals surface area contributed by atoms with Gasteiger partial charge in [0, 0.05) is 12.0 Å². The third-order valence-electron chi connectivity index (χ3n) is 3.10. The van der Waals surface area contributed by atoms with E-state index in [1.807, 2.05) is 6.92 Å². The maximum absolute atomic E-state index is 12.7. The van der Waals surface area contributed by atoms with Gasteiger partial charge in [0.15, 0.2) is 5.78 Å². The van der Waals surface area contributed by atoms with Crippen LogP contribution in [0.15, 0.2) is 18.3 Å². The van der Waals surface area contributed by atoms with Gasteiger partial charge in [-0.25, -0.2) is 4.39 Å². The number of carbonyl (C=O) groups excluding carboxylic acids is 1. The van der Waals surface area contributed by atoms with Crippen molar-refractivity contribution in [1.82, 2.24) is 10.3 Å². The zero-order valence-electron chi connectivity index (χ0n) is 9.24. The molecule has 1 N–H and O–H groups in total. The Bertz CT molecular complexity index is 371. The summed E-state index contributed by atoms with van der Waals surface area (Å²) in [6.07, 6.45) is 3.22. The summed E-state index contributed by atoms with van der Waals surface area (Å²) in [5.41, 5.74) is 0.350. The average Bonchev–Trinajstić information content (AvgIpc) is 2.81. The van der Waals surface area contributed by atoms with Gasteiger partial charge in [0.05, 0.1) is 6.20 Å². The number of hydrogen-bond donors (Lipinski definition) is 1.